The van der Waals surface area contributed by atoms with E-state index in [9.17, 15) is 0 Å². The van der Waals surface area contributed by atoms with Crippen molar-refractivity contribution in [2.75, 3.05) is 6.54 Å². The van der Waals surface area contributed by atoms with E-state index in [4.69, 9.17) is 11.5 Å². The molecule has 0 aliphatic heterocycles. The number of nitrogens with two attached hydrogens (primary N) is 2. The summed E-state index contributed by atoms with van der Waals surface area (Å²) in [5, 5.41) is 4.20. The second kappa shape index (κ2) is 4.57. The van der Waals surface area contributed by atoms with Crippen LogP contribution in [0.25, 0.3) is 11.1 Å². The minimum Gasteiger partial charge on any atom is -0.329 e. The van der Waals surface area contributed by atoms with Crippen LogP contribution in [0.3, 0.4) is 0 Å². The lowest BCUT2D eigenvalue weighted by molar-refractivity contribution is 0.739. The fraction of sp³-hybridized carbons (Fsp3) is 0.167. The van der Waals surface area contributed by atoms with E-state index in [1.54, 1.807) is 11.3 Å². The van der Waals surface area contributed by atoms with E-state index in [1.807, 2.05) is 18.2 Å². The summed E-state index contributed by atoms with van der Waals surface area (Å²) < 4.78 is 0. The third kappa shape index (κ3) is 2.09. The normalized spacial score (nSPS) is 12.7. The second-order valence-corrected chi connectivity index (χ2v) is 4.22. The van der Waals surface area contributed by atoms with Gasteiger partial charge in [0.05, 0.1) is 0 Å². The van der Waals surface area contributed by atoms with Gasteiger partial charge in [0, 0.05) is 12.6 Å². The number of rotatable bonds is 3. The molecule has 2 rings (SSSR count). The molecule has 4 N–H and O–H groups in total. The minimum atomic E-state index is -0.0823. The summed E-state index contributed by atoms with van der Waals surface area (Å²) in [6.07, 6.45) is 0. The van der Waals surface area contributed by atoms with Crippen molar-refractivity contribution in [3.05, 3.63) is 46.7 Å². The zero-order valence-corrected chi connectivity index (χ0v) is 9.21. The molecule has 1 heterocycles. The molecule has 2 nitrogen and oxygen atoms in total. The van der Waals surface area contributed by atoms with Crippen molar-refractivity contribution >= 4 is 11.3 Å². The van der Waals surface area contributed by atoms with Gasteiger partial charge < -0.3 is 11.5 Å². The van der Waals surface area contributed by atoms with Gasteiger partial charge in [-0.05, 0) is 33.5 Å². The lowest BCUT2D eigenvalue weighted by Crippen LogP contribution is -2.21. The van der Waals surface area contributed by atoms with Gasteiger partial charge in [-0.25, -0.2) is 0 Å². The van der Waals surface area contributed by atoms with E-state index in [-0.39, 0.29) is 6.04 Å². The van der Waals surface area contributed by atoms with Crippen LogP contribution in [0.4, 0.5) is 0 Å². The van der Waals surface area contributed by atoms with Crippen LogP contribution in [0.2, 0.25) is 0 Å². The van der Waals surface area contributed by atoms with Crippen LogP contribution in [-0.4, -0.2) is 6.54 Å². The van der Waals surface area contributed by atoms with Crippen molar-refractivity contribution in [2.24, 2.45) is 11.5 Å². The predicted molar refractivity (Wildman–Crippen MR) is 65.7 cm³/mol. The molecule has 0 saturated carbocycles. The van der Waals surface area contributed by atoms with Crippen molar-refractivity contribution < 1.29 is 0 Å². The van der Waals surface area contributed by atoms with Gasteiger partial charge in [-0.15, -0.1) is 0 Å². The SMILES string of the molecule is NC[C@@H](N)c1ccccc1-c1ccsc1. The molecule has 2 aromatic rings. The van der Waals surface area contributed by atoms with Crippen molar-refractivity contribution in [2.45, 2.75) is 6.04 Å². The van der Waals surface area contributed by atoms with E-state index in [2.05, 4.69) is 22.9 Å². The Morgan fingerprint density at radius 1 is 1.20 bits per heavy atom. The molecule has 78 valence electrons. The Labute approximate surface area is 93.5 Å². The summed E-state index contributed by atoms with van der Waals surface area (Å²) in [6.45, 7) is 0.473. The molecule has 0 bridgehead atoms. The van der Waals surface area contributed by atoms with Crippen LogP contribution in [-0.2, 0) is 0 Å². The molecule has 0 saturated heterocycles. The Bertz CT molecular complexity index is 423. The van der Waals surface area contributed by atoms with Gasteiger partial charge in [-0.3, -0.25) is 0 Å². The topological polar surface area (TPSA) is 52.0 Å². The molecule has 0 amide bonds. The first-order valence-corrected chi connectivity index (χ1v) is 5.84. The zero-order chi connectivity index (χ0) is 10.7. The molecular formula is C12H14N2S. The number of benzene rings is 1. The molecule has 0 aliphatic carbocycles. The highest BCUT2D eigenvalue weighted by atomic mass is 32.1. The van der Waals surface area contributed by atoms with Crippen LogP contribution in [0.5, 0.6) is 0 Å². The van der Waals surface area contributed by atoms with Gasteiger partial charge in [0.2, 0.25) is 0 Å². The summed E-state index contributed by atoms with van der Waals surface area (Å²) in [4.78, 5) is 0. The quantitative estimate of drug-likeness (QED) is 0.831. The largest absolute Gasteiger partial charge is 0.329 e. The first-order chi connectivity index (χ1) is 7.33. The van der Waals surface area contributed by atoms with Crippen molar-refractivity contribution in [1.29, 1.82) is 0 Å². The third-order valence-electron chi connectivity index (χ3n) is 2.45. The van der Waals surface area contributed by atoms with E-state index in [0.717, 1.165) is 5.56 Å². The molecule has 0 unspecified atom stereocenters. The molecule has 0 aliphatic rings. The molecule has 1 aromatic heterocycles. The molecule has 0 spiro atoms. The molecule has 3 heteroatoms. The van der Waals surface area contributed by atoms with Crippen molar-refractivity contribution in [3.8, 4) is 11.1 Å². The average molecular weight is 218 g/mol. The molecule has 15 heavy (non-hydrogen) atoms. The van der Waals surface area contributed by atoms with Crippen molar-refractivity contribution in [3.63, 3.8) is 0 Å². The van der Waals surface area contributed by atoms with Crippen LogP contribution >= 0.6 is 11.3 Å². The Kier molecular flexibility index (Phi) is 3.16. The molecule has 0 radical (unpaired) electrons. The molecular weight excluding hydrogens is 204 g/mol. The van der Waals surface area contributed by atoms with Gasteiger partial charge in [0.1, 0.15) is 0 Å². The van der Waals surface area contributed by atoms with Gasteiger partial charge in [0.25, 0.3) is 0 Å². The van der Waals surface area contributed by atoms with E-state index in [0.29, 0.717) is 6.54 Å². The van der Waals surface area contributed by atoms with Gasteiger partial charge in [-0.1, -0.05) is 24.3 Å². The standard InChI is InChI=1S/C12H14N2S/c13-7-12(14)11-4-2-1-3-10(11)9-5-6-15-8-9/h1-6,8,12H,7,13-14H2/t12-/m1/s1. The highest BCUT2D eigenvalue weighted by molar-refractivity contribution is 7.08. The first-order valence-electron chi connectivity index (χ1n) is 4.90. The van der Waals surface area contributed by atoms with E-state index >= 15 is 0 Å². The van der Waals surface area contributed by atoms with Gasteiger partial charge >= 0.3 is 0 Å². The summed E-state index contributed by atoms with van der Waals surface area (Å²) >= 11 is 1.69. The monoisotopic (exact) mass is 218 g/mol. The highest BCUT2D eigenvalue weighted by Crippen LogP contribution is 2.28. The van der Waals surface area contributed by atoms with Crippen LogP contribution in [0.1, 0.15) is 11.6 Å². The minimum absolute atomic E-state index is 0.0823. The maximum absolute atomic E-state index is 5.98. The molecule has 1 aromatic carbocycles. The summed E-state index contributed by atoms with van der Waals surface area (Å²) in [7, 11) is 0. The number of hydrogen-bond acceptors (Lipinski definition) is 3. The lowest BCUT2D eigenvalue weighted by Gasteiger charge is -2.13. The van der Waals surface area contributed by atoms with Gasteiger partial charge in [-0.2, -0.15) is 11.3 Å². The number of thiophene rings is 1. The lowest BCUT2D eigenvalue weighted by atomic mass is 9.97. The maximum atomic E-state index is 5.98. The van der Waals surface area contributed by atoms with Crippen LogP contribution in [0.15, 0.2) is 41.1 Å². The Morgan fingerprint density at radius 2 is 2.00 bits per heavy atom. The highest BCUT2D eigenvalue weighted by Gasteiger charge is 2.10. The second-order valence-electron chi connectivity index (χ2n) is 3.44. The smallest absolute Gasteiger partial charge is 0.0425 e. The van der Waals surface area contributed by atoms with Crippen molar-refractivity contribution in [1.82, 2.24) is 0 Å². The Balaban J connectivity index is 2.47. The Morgan fingerprint density at radius 3 is 2.67 bits per heavy atom. The summed E-state index contributed by atoms with van der Waals surface area (Å²) in [6, 6.07) is 10.2. The molecule has 0 fully saturated rings. The van der Waals surface area contributed by atoms with Crippen LogP contribution < -0.4 is 11.5 Å². The number of hydrogen-bond donors (Lipinski definition) is 2. The maximum Gasteiger partial charge on any atom is 0.0425 e. The fourth-order valence-corrected chi connectivity index (χ4v) is 2.28. The van der Waals surface area contributed by atoms with E-state index < -0.39 is 0 Å². The zero-order valence-electron chi connectivity index (χ0n) is 8.39. The summed E-state index contributed by atoms with van der Waals surface area (Å²) in [5.74, 6) is 0. The first kappa shape index (κ1) is 10.4. The van der Waals surface area contributed by atoms with Crippen LogP contribution in [0, 0.1) is 0 Å². The van der Waals surface area contributed by atoms with E-state index in [1.165, 1.54) is 11.1 Å². The Hall–Kier alpha value is -1.16. The molecule has 1 atom stereocenters. The third-order valence-corrected chi connectivity index (χ3v) is 3.13. The predicted octanol–water partition coefficient (Wildman–Crippen LogP) is 2.37. The summed E-state index contributed by atoms with van der Waals surface area (Å²) in [5.41, 5.74) is 15.1. The average Bonchev–Trinajstić information content (AvgIpc) is 2.81. The van der Waals surface area contributed by atoms with Gasteiger partial charge in [0.15, 0.2) is 0 Å². The fourth-order valence-electron chi connectivity index (χ4n) is 1.63.